The maximum atomic E-state index is 2.31. The first-order chi connectivity index (χ1) is 22.5. The molecule has 0 saturated carbocycles. The number of hydrogen-bond acceptors (Lipinski definition) is 0. The number of rotatable bonds is 20. The first kappa shape index (κ1) is 40.4. The van der Waals surface area contributed by atoms with E-state index in [0.717, 1.165) is 10.6 Å². The molecule has 4 aromatic rings. The third kappa shape index (κ3) is 15.3. The molecule has 0 radical (unpaired) electrons. The Balaban J connectivity index is 0.000000334. The number of hydrogen-bond donors (Lipinski definition) is 0. The quantitative estimate of drug-likeness (QED) is 0.0515. The van der Waals surface area contributed by atoms with Crippen LogP contribution in [0.3, 0.4) is 0 Å². The fourth-order valence-electron chi connectivity index (χ4n) is 6.66. The van der Waals surface area contributed by atoms with Gasteiger partial charge in [-0.1, -0.05) is 84.0 Å². The van der Waals surface area contributed by atoms with Crippen molar-refractivity contribution in [3.8, 4) is 0 Å². The topological polar surface area (TPSA) is 31.5 Å². The van der Waals surface area contributed by atoms with Crippen molar-refractivity contribution in [3.63, 3.8) is 0 Å². The SMILES string of the molecule is CCCCCCCCCCCCCCCC[N+](C)(C)C.O.c1ccc(C[PH](c2ccccc2)(c2ccccc2)c2ccccc2)cc1. The Hall–Kier alpha value is -2.77. The predicted molar refractivity (Wildman–Crippen MR) is 214 cm³/mol. The van der Waals surface area contributed by atoms with E-state index in [1.54, 1.807) is 0 Å². The summed E-state index contributed by atoms with van der Waals surface area (Å²) in [4.78, 5) is 0. The van der Waals surface area contributed by atoms with Gasteiger partial charge >= 0.3 is 156 Å². The van der Waals surface area contributed by atoms with Crippen molar-refractivity contribution in [1.82, 2.24) is 0 Å². The molecule has 0 heterocycles. The normalized spacial score (nSPS) is 11.7. The third-order valence-electron chi connectivity index (χ3n) is 9.29. The molecule has 258 valence electrons. The van der Waals surface area contributed by atoms with Crippen LogP contribution in [0.4, 0.5) is 0 Å². The van der Waals surface area contributed by atoms with E-state index in [0.29, 0.717) is 0 Å². The molecule has 3 heteroatoms. The maximum absolute atomic E-state index is 2.31. The summed E-state index contributed by atoms with van der Waals surface area (Å²) in [6.45, 7) is 3.63. The molecule has 0 aromatic heterocycles. The molecule has 0 aliphatic carbocycles. The van der Waals surface area contributed by atoms with Crippen molar-refractivity contribution < 1.29 is 9.96 Å². The second-order valence-corrected chi connectivity index (χ2v) is 18.2. The van der Waals surface area contributed by atoms with Gasteiger partial charge in [-0.05, 0) is 12.8 Å². The summed E-state index contributed by atoms with van der Waals surface area (Å²) in [6, 6.07) is 44.2. The summed E-state index contributed by atoms with van der Waals surface area (Å²) >= 11 is 0. The summed E-state index contributed by atoms with van der Waals surface area (Å²) in [5.74, 6) is 0. The second kappa shape index (κ2) is 23.5. The Bertz CT molecular complexity index is 1180. The molecule has 0 bridgehead atoms. The van der Waals surface area contributed by atoms with Gasteiger partial charge in [0, 0.05) is 0 Å². The molecule has 4 aromatic carbocycles. The van der Waals surface area contributed by atoms with Crippen molar-refractivity contribution in [1.29, 1.82) is 0 Å². The van der Waals surface area contributed by atoms with Gasteiger partial charge in [-0.25, -0.2) is 0 Å². The molecule has 0 saturated heterocycles. The zero-order valence-corrected chi connectivity index (χ0v) is 31.3. The predicted octanol–water partition coefficient (Wildman–Crippen LogP) is 10.3. The molecule has 2 nitrogen and oxygen atoms in total. The van der Waals surface area contributed by atoms with Gasteiger partial charge in [0.05, 0.1) is 27.7 Å². The Morgan fingerprint density at radius 2 is 0.702 bits per heavy atom. The van der Waals surface area contributed by atoms with Crippen LogP contribution in [0.1, 0.15) is 102 Å². The minimum absolute atomic E-state index is 0. The number of quaternary nitrogens is 1. The van der Waals surface area contributed by atoms with Gasteiger partial charge in [0.25, 0.3) is 0 Å². The third-order valence-corrected chi connectivity index (χ3v) is 14.2. The van der Waals surface area contributed by atoms with E-state index < -0.39 is 7.26 Å². The van der Waals surface area contributed by atoms with Crippen LogP contribution in [0.15, 0.2) is 121 Å². The molecule has 0 fully saturated rings. The molecule has 0 spiro atoms. The Morgan fingerprint density at radius 3 is 1.02 bits per heavy atom. The molecule has 0 atom stereocenters. The van der Waals surface area contributed by atoms with Crippen LogP contribution in [0.5, 0.6) is 0 Å². The standard InChI is InChI=1S/C25H23P.C19H42N.H2O/c1-5-13-22(14-6-1)21-26(23-15-7-2-8-16-23,24-17-9-3-10-18-24)25-19-11-4-12-20-25;1-5-6-7-8-9-10-11-12-13-14-15-16-17-18-19-20(2,3)4;/h1-20,26H,21H2;5-19H2,1-4H3;1H2/q;+1;. The van der Waals surface area contributed by atoms with Crippen LogP contribution in [-0.4, -0.2) is 37.6 Å². The van der Waals surface area contributed by atoms with Crippen LogP contribution >= 0.6 is 7.26 Å². The van der Waals surface area contributed by atoms with Gasteiger partial charge in [-0.15, -0.1) is 0 Å². The molecular formula is C44H67NOP+. The van der Waals surface area contributed by atoms with Gasteiger partial charge < -0.3 is 9.96 Å². The summed E-state index contributed by atoms with van der Waals surface area (Å²) in [6.07, 6.45) is 21.4. The molecular weight excluding hydrogens is 589 g/mol. The van der Waals surface area contributed by atoms with Crippen LogP contribution < -0.4 is 15.9 Å². The van der Waals surface area contributed by atoms with E-state index in [2.05, 4.69) is 149 Å². The molecule has 0 unspecified atom stereocenters. The van der Waals surface area contributed by atoms with Crippen molar-refractivity contribution >= 4 is 23.2 Å². The van der Waals surface area contributed by atoms with E-state index >= 15 is 0 Å². The summed E-state index contributed by atoms with van der Waals surface area (Å²) in [5, 5.41) is 4.38. The molecule has 0 amide bonds. The van der Waals surface area contributed by atoms with E-state index in [-0.39, 0.29) is 5.48 Å². The second-order valence-electron chi connectivity index (χ2n) is 14.3. The van der Waals surface area contributed by atoms with Crippen molar-refractivity contribution in [2.24, 2.45) is 0 Å². The van der Waals surface area contributed by atoms with Crippen LogP contribution in [0.2, 0.25) is 0 Å². The van der Waals surface area contributed by atoms with Gasteiger partial charge in [-0.2, -0.15) is 0 Å². The van der Waals surface area contributed by atoms with Crippen molar-refractivity contribution in [2.75, 3.05) is 27.7 Å². The van der Waals surface area contributed by atoms with E-state index in [4.69, 9.17) is 0 Å². The molecule has 0 aliphatic rings. The van der Waals surface area contributed by atoms with E-state index in [1.165, 1.54) is 118 Å². The van der Waals surface area contributed by atoms with E-state index in [9.17, 15) is 0 Å². The summed E-state index contributed by atoms with van der Waals surface area (Å²) < 4.78 is 1.12. The monoisotopic (exact) mass is 656 g/mol. The molecule has 2 N–H and O–H groups in total. The first-order valence-corrected chi connectivity index (χ1v) is 20.7. The van der Waals surface area contributed by atoms with Gasteiger partial charge in [0.2, 0.25) is 0 Å². The Labute approximate surface area is 289 Å². The molecule has 0 aliphatic heterocycles. The average Bonchev–Trinajstić information content (AvgIpc) is 3.09. The number of benzene rings is 4. The van der Waals surface area contributed by atoms with Crippen molar-refractivity contribution in [3.05, 3.63) is 127 Å². The van der Waals surface area contributed by atoms with E-state index in [1.807, 2.05) is 0 Å². The fourth-order valence-corrected chi connectivity index (χ4v) is 11.4. The average molecular weight is 657 g/mol. The van der Waals surface area contributed by atoms with Gasteiger partial charge in [0.1, 0.15) is 0 Å². The fraction of sp³-hybridized carbons (Fsp3) is 0.455. The Morgan fingerprint density at radius 1 is 0.404 bits per heavy atom. The zero-order chi connectivity index (χ0) is 32.8. The summed E-state index contributed by atoms with van der Waals surface area (Å²) in [7, 11) is 4.72. The molecule has 4 rings (SSSR count). The van der Waals surface area contributed by atoms with Crippen LogP contribution in [-0.2, 0) is 6.16 Å². The zero-order valence-electron chi connectivity index (χ0n) is 30.3. The van der Waals surface area contributed by atoms with Gasteiger partial charge in [0.15, 0.2) is 0 Å². The Kier molecular flexibility index (Phi) is 20.2. The van der Waals surface area contributed by atoms with Crippen LogP contribution in [0.25, 0.3) is 0 Å². The number of nitrogens with zero attached hydrogens (tertiary/aromatic N) is 1. The first-order valence-electron chi connectivity index (χ1n) is 18.5. The van der Waals surface area contributed by atoms with Crippen molar-refractivity contribution in [2.45, 2.75) is 103 Å². The number of unbranched alkanes of at least 4 members (excludes halogenated alkanes) is 13. The van der Waals surface area contributed by atoms with Crippen LogP contribution in [0, 0.1) is 0 Å². The molecule has 47 heavy (non-hydrogen) atoms. The minimum atomic E-state index is -2.16. The van der Waals surface area contributed by atoms with Gasteiger partial charge in [-0.3, -0.25) is 0 Å². The summed E-state index contributed by atoms with van der Waals surface area (Å²) in [5.41, 5.74) is 1.40.